The van der Waals surface area contributed by atoms with E-state index in [-0.39, 0.29) is 5.82 Å². The molecular formula is C12H20N4O2. The number of hydrogen-bond acceptors (Lipinski definition) is 4. The summed E-state index contributed by atoms with van der Waals surface area (Å²) in [5, 5.41) is 17.9. The maximum Gasteiger partial charge on any atom is 0.389 e. The second-order valence-corrected chi connectivity index (χ2v) is 5.02. The van der Waals surface area contributed by atoms with Gasteiger partial charge in [-0.1, -0.05) is 19.8 Å². The minimum Gasteiger partial charge on any atom is -0.358 e. The van der Waals surface area contributed by atoms with Gasteiger partial charge in [0.25, 0.3) is 0 Å². The SMILES string of the molecule is CC1CCCCC1NCCn1ccc([N+](=O)[O-])n1. The van der Waals surface area contributed by atoms with E-state index in [1.807, 2.05) is 0 Å². The van der Waals surface area contributed by atoms with Gasteiger partial charge in [0.05, 0.1) is 23.9 Å². The highest BCUT2D eigenvalue weighted by Gasteiger charge is 2.20. The van der Waals surface area contributed by atoms with Crippen molar-refractivity contribution in [3.63, 3.8) is 0 Å². The average molecular weight is 252 g/mol. The van der Waals surface area contributed by atoms with Crippen LogP contribution in [-0.4, -0.2) is 27.3 Å². The molecule has 1 aromatic heterocycles. The molecule has 0 aliphatic heterocycles. The fourth-order valence-electron chi connectivity index (χ4n) is 2.56. The molecule has 0 radical (unpaired) electrons. The van der Waals surface area contributed by atoms with Crippen LogP contribution < -0.4 is 5.32 Å². The predicted molar refractivity (Wildman–Crippen MR) is 68.3 cm³/mol. The molecule has 0 aromatic carbocycles. The molecule has 0 amide bonds. The fraction of sp³-hybridized carbons (Fsp3) is 0.750. The molecule has 2 atom stereocenters. The summed E-state index contributed by atoms with van der Waals surface area (Å²) in [6.07, 6.45) is 6.83. The lowest BCUT2D eigenvalue weighted by Gasteiger charge is -2.29. The first-order valence-electron chi connectivity index (χ1n) is 6.58. The molecule has 18 heavy (non-hydrogen) atoms. The van der Waals surface area contributed by atoms with Gasteiger partial charge in [-0.2, -0.15) is 4.68 Å². The summed E-state index contributed by atoms with van der Waals surface area (Å²) in [6.45, 7) is 3.78. The Morgan fingerprint density at radius 3 is 3.00 bits per heavy atom. The molecule has 1 N–H and O–H groups in total. The minimum atomic E-state index is -0.465. The molecule has 0 saturated heterocycles. The molecule has 1 aromatic rings. The van der Waals surface area contributed by atoms with Crippen LogP contribution in [0.25, 0.3) is 0 Å². The van der Waals surface area contributed by atoms with Crippen LogP contribution in [0, 0.1) is 16.0 Å². The van der Waals surface area contributed by atoms with E-state index in [1.54, 1.807) is 10.9 Å². The number of hydrogen-bond donors (Lipinski definition) is 1. The largest absolute Gasteiger partial charge is 0.389 e. The predicted octanol–water partition coefficient (Wildman–Crippen LogP) is 1.96. The van der Waals surface area contributed by atoms with Gasteiger partial charge in [-0.3, -0.25) is 0 Å². The Balaban J connectivity index is 1.75. The standard InChI is InChI=1S/C12H20N4O2/c1-10-4-2-3-5-11(10)13-7-9-15-8-6-12(14-15)16(17)18/h6,8,10-11,13H,2-5,7,9H2,1H3. The molecule has 6 heteroatoms. The van der Waals surface area contributed by atoms with Crippen LogP contribution in [0.3, 0.4) is 0 Å². The maximum atomic E-state index is 10.5. The van der Waals surface area contributed by atoms with E-state index in [2.05, 4.69) is 17.3 Å². The van der Waals surface area contributed by atoms with Crippen molar-refractivity contribution < 1.29 is 4.92 Å². The van der Waals surface area contributed by atoms with E-state index in [4.69, 9.17) is 0 Å². The third-order valence-corrected chi connectivity index (χ3v) is 3.67. The lowest BCUT2D eigenvalue weighted by atomic mass is 9.86. The second-order valence-electron chi connectivity index (χ2n) is 5.02. The monoisotopic (exact) mass is 252 g/mol. The number of nitrogens with zero attached hydrogens (tertiary/aromatic N) is 3. The number of rotatable bonds is 5. The van der Waals surface area contributed by atoms with Gasteiger partial charge in [-0.05, 0) is 23.7 Å². The van der Waals surface area contributed by atoms with Crippen molar-refractivity contribution in [3.05, 3.63) is 22.4 Å². The van der Waals surface area contributed by atoms with Gasteiger partial charge in [0, 0.05) is 12.6 Å². The van der Waals surface area contributed by atoms with E-state index in [0.717, 1.165) is 12.5 Å². The van der Waals surface area contributed by atoms with Crippen LogP contribution in [0.5, 0.6) is 0 Å². The third kappa shape index (κ3) is 3.29. The van der Waals surface area contributed by atoms with Gasteiger partial charge in [0.1, 0.15) is 0 Å². The Morgan fingerprint density at radius 1 is 1.56 bits per heavy atom. The zero-order valence-electron chi connectivity index (χ0n) is 10.7. The van der Waals surface area contributed by atoms with Gasteiger partial charge in [0.2, 0.25) is 0 Å². The van der Waals surface area contributed by atoms with Crippen LogP contribution in [-0.2, 0) is 6.54 Å². The van der Waals surface area contributed by atoms with Crippen molar-refractivity contribution in [1.29, 1.82) is 0 Å². The molecule has 0 bridgehead atoms. The highest BCUT2D eigenvalue weighted by molar-refractivity contribution is 5.13. The molecule has 1 aliphatic carbocycles. The minimum absolute atomic E-state index is 0.0824. The van der Waals surface area contributed by atoms with Gasteiger partial charge in [0.15, 0.2) is 0 Å². The number of nitro groups is 1. The van der Waals surface area contributed by atoms with Crippen LogP contribution in [0.4, 0.5) is 5.82 Å². The molecule has 1 heterocycles. The zero-order valence-corrected chi connectivity index (χ0v) is 10.7. The van der Waals surface area contributed by atoms with E-state index >= 15 is 0 Å². The van der Waals surface area contributed by atoms with Crippen molar-refractivity contribution in [2.45, 2.75) is 45.2 Å². The Morgan fingerprint density at radius 2 is 2.33 bits per heavy atom. The number of aromatic nitrogens is 2. The highest BCUT2D eigenvalue weighted by Crippen LogP contribution is 2.23. The van der Waals surface area contributed by atoms with Gasteiger partial charge < -0.3 is 15.4 Å². The second kappa shape index (κ2) is 5.95. The summed E-state index contributed by atoms with van der Waals surface area (Å²) in [5.74, 6) is 0.645. The molecule has 1 aliphatic rings. The zero-order chi connectivity index (χ0) is 13.0. The molecular weight excluding hydrogens is 232 g/mol. The van der Waals surface area contributed by atoms with E-state index < -0.39 is 4.92 Å². The summed E-state index contributed by atoms with van der Waals surface area (Å²) >= 11 is 0. The fourth-order valence-corrected chi connectivity index (χ4v) is 2.56. The average Bonchev–Trinajstić information content (AvgIpc) is 2.80. The van der Waals surface area contributed by atoms with Gasteiger partial charge in [-0.15, -0.1) is 0 Å². The lowest BCUT2D eigenvalue weighted by molar-refractivity contribution is -0.389. The topological polar surface area (TPSA) is 73.0 Å². The van der Waals surface area contributed by atoms with Crippen LogP contribution >= 0.6 is 0 Å². The summed E-state index contributed by atoms with van der Waals surface area (Å²) in [6, 6.07) is 2.02. The normalized spacial score (nSPS) is 24.1. The summed E-state index contributed by atoms with van der Waals surface area (Å²) < 4.78 is 1.62. The Labute approximate surface area is 107 Å². The number of nitrogens with one attached hydrogen (secondary N) is 1. The van der Waals surface area contributed by atoms with Crippen molar-refractivity contribution in [3.8, 4) is 0 Å². The first-order chi connectivity index (χ1) is 8.66. The summed E-state index contributed by atoms with van der Waals surface area (Å²) in [4.78, 5) is 10.0. The molecule has 1 saturated carbocycles. The molecule has 0 spiro atoms. The summed E-state index contributed by atoms with van der Waals surface area (Å²) in [5.41, 5.74) is 0. The van der Waals surface area contributed by atoms with Gasteiger partial charge in [-0.25, -0.2) is 0 Å². The molecule has 2 rings (SSSR count). The molecule has 100 valence electrons. The van der Waals surface area contributed by atoms with Crippen molar-refractivity contribution >= 4 is 5.82 Å². The van der Waals surface area contributed by atoms with E-state index in [9.17, 15) is 10.1 Å². The summed E-state index contributed by atoms with van der Waals surface area (Å²) in [7, 11) is 0. The first kappa shape index (κ1) is 13.0. The van der Waals surface area contributed by atoms with Gasteiger partial charge >= 0.3 is 5.82 Å². The van der Waals surface area contributed by atoms with Crippen molar-refractivity contribution in [2.24, 2.45) is 5.92 Å². The van der Waals surface area contributed by atoms with Crippen LogP contribution in [0.1, 0.15) is 32.6 Å². The van der Waals surface area contributed by atoms with Crippen molar-refractivity contribution in [2.75, 3.05) is 6.54 Å². The van der Waals surface area contributed by atoms with E-state index in [0.29, 0.717) is 12.6 Å². The van der Waals surface area contributed by atoms with Crippen LogP contribution in [0.15, 0.2) is 12.3 Å². The van der Waals surface area contributed by atoms with Crippen molar-refractivity contribution in [1.82, 2.24) is 15.1 Å². The Bertz CT molecular complexity index is 405. The highest BCUT2D eigenvalue weighted by atomic mass is 16.6. The lowest BCUT2D eigenvalue weighted by Crippen LogP contribution is -2.38. The smallest absolute Gasteiger partial charge is 0.358 e. The Hall–Kier alpha value is -1.43. The third-order valence-electron chi connectivity index (χ3n) is 3.67. The Kier molecular flexibility index (Phi) is 4.30. The molecule has 2 unspecified atom stereocenters. The first-order valence-corrected chi connectivity index (χ1v) is 6.58. The van der Waals surface area contributed by atoms with E-state index in [1.165, 1.54) is 31.7 Å². The quantitative estimate of drug-likeness (QED) is 0.642. The molecule has 1 fully saturated rings. The molecule has 6 nitrogen and oxygen atoms in total. The van der Waals surface area contributed by atoms with Crippen LogP contribution in [0.2, 0.25) is 0 Å². The maximum absolute atomic E-state index is 10.5.